The molecule has 0 radical (unpaired) electrons. The zero-order valence-corrected chi connectivity index (χ0v) is 12.5. The predicted molar refractivity (Wildman–Crippen MR) is 81.1 cm³/mol. The van der Waals surface area contributed by atoms with Gasteiger partial charge < -0.3 is 14.5 Å². The average molecular weight is 321 g/mol. The van der Waals surface area contributed by atoms with E-state index in [9.17, 15) is 5.11 Å². The molecule has 100 valence electrons. The van der Waals surface area contributed by atoms with E-state index in [0.29, 0.717) is 6.54 Å². The second-order valence-corrected chi connectivity index (χ2v) is 5.80. The van der Waals surface area contributed by atoms with Crippen LogP contribution in [0.2, 0.25) is 0 Å². The molecule has 1 aromatic heterocycles. The maximum absolute atomic E-state index is 9.21. The van der Waals surface area contributed by atoms with E-state index in [-0.39, 0.29) is 12.5 Å². The first-order valence-electron chi connectivity index (χ1n) is 6.37. The number of hydrogen-bond acceptors (Lipinski definition) is 1. The highest BCUT2D eigenvalue weighted by atomic mass is 79.9. The van der Waals surface area contributed by atoms with Crippen molar-refractivity contribution in [3.8, 4) is 0 Å². The van der Waals surface area contributed by atoms with Gasteiger partial charge >= 0.3 is 0 Å². The summed E-state index contributed by atoms with van der Waals surface area (Å²) >= 11 is 3.50. The van der Waals surface area contributed by atoms with Crippen molar-refractivity contribution in [1.82, 2.24) is 4.57 Å². The van der Waals surface area contributed by atoms with Crippen LogP contribution in [0.1, 0.15) is 12.5 Å². The normalized spacial score (nSPS) is 12.5. The van der Waals surface area contributed by atoms with Crippen LogP contribution in [-0.2, 0) is 13.0 Å². The largest absolute Gasteiger partial charge is 0.396 e. The van der Waals surface area contributed by atoms with Crippen molar-refractivity contribution >= 4 is 26.8 Å². The summed E-state index contributed by atoms with van der Waals surface area (Å²) in [4.78, 5) is 3.43. The van der Waals surface area contributed by atoms with Crippen molar-refractivity contribution < 1.29 is 5.11 Å². The number of aliphatic hydroxyl groups is 1. The molecule has 0 amide bonds. The van der Waals surface area contributed by atoms with Gasteiger partial charge in [-0.25, -0.2) is 6.57 Å². The Morgan fingerprint density at radius 3 is 2.95 bits per heavy atom. The summed E-state index contributed by atoms with van der Waals surface area (Å²) in [5, 5.41) is 10.4. The minimum Gasteiger partial charge on any atom is -0.396 e. The number of aliphatic hydroxyl groups excluding tert-OH is 1. The van der Waals surface area contributed by atoms with Crippen molar-refractivity contribution in [2.45, 2.75) is 19.9 Å². The number of fused-ring (bicyclic) bond motifs is 1. The first kappa shape index (κ1) is 14.1. The molecule has 0 spiro atoms. The Morgan fingerprint density at radius 2 is 2.26 bits per heavy atom. The Morgan fingerprint density at radius 1 is 1.47 bits per heavy atom. The van der Waals surface area contributed by atoms with Crippen molar-refractivity contribution in [3.63, 3.8) is 0 Å². The number of halogens is 1. The Bertz CT molecular complexity index is 612. The maximum Gasteiger partial charge on any atom is 0.218 e. The summed E-state index contributed by atoms with van der Waals surface area (Å²) in [5.74, 6) is 0.225. The van der Waals surface area contributed by atoms with Crippen molar-refractivity contribution in [3.05, 3.63) is 45.8 Å². The van der Waals surface area contributed by atoms with Gasteiger partial charge in [-0.15, -0.1) is 0 Å². The fourth-order valence-electron chi connectivity index (χ4n) is 2.26. The van der Waals surface area contributed by atoms with Gasteiger partial charge in [0, 0.05) is 41.1 Å². The van der Waals surface area contributed by atoms with Crippen LogP contribution < -0.4 is 0 Å². The van der Waals surface area contributed by atoms with Gasteiger partial charge in [0.1, 0.15) is 0 Å². The lowest BCUT2D eigenvalue weighted by Crippen LogP contribution is -2.10. The topological polar surface area (TPSA) is 29.5 Å². The van der Waals surface area contributed by atoms with Gasteiger partial charge in [-0.3, -0.25) is 0 Å². The molecular weight excluding hydrogens is 304 g/mol. The van der Waals surface area contributed by atoms with Crippen LogP contribution in [0.25, 0.3) is 15.7 Å². The van der Waals surface area contributed by atoms with E-state index in [1.54, 1.807) is 0 Å². The average Bonchev–Trinajstić information content (AvgIpc) is 2.73. The van der Waals surface area contributed by atoms with Gasteiger partial charge in [-0.2, -0.15) is 0 Å². The minimum atomic E-state index is 0.186. The molecule has 0 aliphatic carbocycles. The molecule has 0 aliphatic heterocycles. The fraction of sp³-hybridized carbons (Fsp3) is 0.400. The van der Waals surface area contributed by atoms with E-state index >= 15 is 0 Å². The molecule has 0 saturated heterocycles. The third-order valence-electron chi connectivity index (χ3n) is 3.24. The van der Waals surface area contributed by atoms with E-state index in [1.807, 2.05) is 13.0 Å². The Kier molecular flexibility index (Phi) is 4.62. The first-order chi connectivity index (χ1) is 9.15. The van der Waals surface area contributed by atoms with Crippen molar-refractivity contribution in [1.29, 1.82) is 0 Å². The molecule has 0 unspecified atom stereocenters. The van der Waals surface area contributed by atoms with Gasteiger partial charge in [-0.05, 0) is 23.6 Å². The van der Waals surface area contributed by atoms with Gasteiger partial charge in [0.15, 0.2) is 0 Å². The quantitative estimate of drug-likeness (QED) is 0.839. The lowest BCUT2D eigenvalue weighted by atomic mass is 10.1. The molecular formula is C15H17BrN2O. The van der Waals surface area contributed by atoms with Crippen molar-refractivity contribution in [2.75, 3.05) is 13.2 Å². The smallest absolute Gasteiger partial charge is 0.218 e. The molecule has 2 rings (SSSR count). The Labute approximate surface area is 121 Å². The Hall–Kier alpha value is -1.31. The van der Waals surface area contributed by atoms with E-state index in [4.69, 9.17) is 6.57 Å². The zero-order valence-electron chi connectivity index (χ0n) is 10.9. The number of aromatic nitrogens is 1. The van der Waals surface area contributed by atoms with Gasteiger partial charge in [0.2, 0.25) is 6.54 Å². The van der Waals surface area contributed by atoms with Gasteiger partial charge in [0.25, 0.3) is 0 Å². The molecule has 2 aromatic rings. The van der Waals surface area contributed by atoms with Crippen LogP contribution >= 0.6 is 15.9 Å². The lowest BCUT2D eigenvalue weighted by molar-refractivity contribution is 0.224. The third kappa shape index (κ3) is 3.17. The number of hydrogen-bond donors (Lipinski definition) is 1. The zero-order chi connectivity index (χ0) is 13.8. The van der Waals surface area contributed by atoms with Crippen molar-refractivity contribution in [2.24, 2.45) is 5.92 Å². The van der Waals surface area contributed by atoms with Crippen LogP contribution in [-0.4, -0.2) is 22.8 Å². The molecule has 1 atom stereocenters. The second kappa shape index (κ2) is 6.23. The number of benzene rings is 1. The Balaban J connectivity index is 2.44. The maximum atomic E-state index is 9.21. The number of nitrogens with zero attached hydrogens (tertiary/aromatic N) is 2. The molecule has 0 saturated carbocycles. The monoisotopic (exact) mass is 320 g/mol. The molecule has 1 aromatic carbocycles. The molecule has 19 heavy (non-hydrogen) atoms. The van der Waals surface area contributed by atoms with E-state index in [0.717, 1.165) is 23.0 Å². The van der Waals surface area contributed by atoms with Crippen LogP contribution in [0.15, 0.2) is 28.9 Å². The third-order valence-corrected chi connectivity index (χ3v) is 3.73. The SMILES string of the molecule is [C-]#[N+]CCc1cn(C[C@H](C)CO)c2cc(Br)ccc12. The fourth-order valence-corrected chi connectivity index (χ4v) is 2.61. The van der Waals surface area contributed by atoms with Gasteiger partial charge in [-0.1, -0.05) is 28.9 Å². The summed E-state index contributed by atoms with van der Waals surface area (Å²) < 4.78 is 3.23. The number of rotatable bonds is 5. The molecule has 0 bridgehead atoms. The highest BCUT2D eigenvalue weighted by molar-refractivity contribution is 9.10. The molecule has 1 N–H and O–H groups in total. The van der Waals surface area contributed by atoms with Crippen LogP contribution in [0.5, 0.6) is 0 Å². The summed E-state index contributed by atoms with van der Waals surface area (Å²) in [6, 6.07) is 6.23. The van der Waals surface area contributed by atoms with Crippen LogP contribution in [0.3, 0.4) is 0 Å². The lowest BCUT2D eigenvalue weighted by Gasteiger charge is -2.10. The summed E-state index contributed by atoms with van der Waals surface area (Å²) in [6.07, 6.45) is 2.90. The minimum absolute atomic E-state index is 0.186. The highest BCUT2D eigenvalue weighted by Gasteiger charge is 2.11. The summed E-state index contributed by atoms with van der Waals surface area (Å²) in [7, 11) is 0. The summed E-state index contributed by atoms with van der Waals surface area (Å²) in [6.45, 7) is 10.4. The molecule has 1 heterocycles. The molecule has 0 fully saturated rings. The highest BCUT2D eigenvalue weighted by Crippen LogP contribution is 2.26. The van der Waals surface area contributed by atoms with E-state index in [1.165, 1.54) is 10.9 Å². The first-order valence-corrected chi connectivity index (χ1v) is 7.16. The molecule has 0 aliphatic rings. The second-order valence-electron chi connectivity index (χ2n) is 4.89. The van der Waals surface area contributed by atoms with Crippen LogP contribution in [0.4, 0.5) is 0 Å². The van der Waals surface area contributed by atoms with E-state index < -0.39 is 0 Å². The molecule has 3 nitrogen and oxygen atoms in total. The standard InChI is InChI=1S/C15H17BrN2O/c1-11(10-19)8-18-9-12(5-6-17-2)14-4-3-13(16)7-15(14)18/h3-4,7,9,11,19H,5-6,8,10H2,1H3/t11-/m0/s1. The van der Waals surface area contributed by atoms with Gasteiger partial charge in [0.05, 0.1) is 0 Å². The predicted octanol–water partition coefficient (Wildman–Crippen LogP) is 3.49. The van der Waals surface area contributed by atoms with Crippen LogP contribution in [0, 0.1) is 12.5 Å². The summed E-state index contributed by atoms with van der Waals surface area (Å²) in [5.41, 5.74) is 2.37. The van der Waals surface area contributed by atoms with E-state index in [2.05, 4.69) is 43.7 Å². The molecule has 4 heteroatoms.